The summed E-state index contributed by atoms with van der Waals surface area (Å²) in [7, 11) is 0. The fourth-order valence-corrected chi connectivity index (χ4v) is 10.8. The number of fused-ring (bicyclic) bond motifs is 11. The zero-order valence-electron chi connectivity index (χ0n) is 37.2. The van der Waals surface area contributed by atoms with Crippen LogP contribution in [-0.2, 0) is 5.41 Å². The maximum absolute atomic E-state index is 7.03. The van der Waals surface area contributed by atoms with Crippen LogP contribution in [-0.4, -0.2) is 29.1 Å². The number of aromatic nitrogens is 6. The van der Waals surface area contributed by atoms with E-state index in [9.17, 15) is 0 Å². The minimum absolute atomic E-state index is 0.225. The van der Waals surface area contributed by atoms with Crippen LogP contribution < -0.4 is 0 Å². The van der Waals surface area contributed by atoms with Crippen molar-refractivity contribution in [3.63, 3.8) is 0 Å². The lowest BCUT2D eigenvalue weighted by Gasteiger charge is -2.22. The number of hydrogen-bond acceptors (Lipinski definition) is 5. The molecule has 0 radical (unpaired) electrons. The molecule has 13 aromatic rings. The summed E-state index contributed by atoms with van der Waals surface area (Å²) in [6.07, 6.45) is 0. The molecule has 0 spiro atoms. The number of nitrogens with zero attached hydrogens (tertiary/aromatic N) is 6. The maximum atomic E-state index is 7.03. The first-order valence-corrected chi connectivity index (χ1v) is 23.1. The number of rotatable bonds is 6. The van der Waals surface area contributed by atoms with Gasteiger partial charge in [0.15, 0.2) is 17.2 Å². The number of oxazole rings is 1. The van der Waals surface area contributed by atoms with Crippen molar-refractivity contribution in [3.8, 4) is 68.1 Å². The molecule has 0 fully saturated rings. The average Bonchev–Trinajstić information content (AvgIpc) is 4.14. The first kappa shape index (κ1) is 38.3. The molecule has 1 aliphatic rings. The van der Waals surface area contributed by atoms with Gasteiger partial charge in [-0.2, -0.15) is 9.97 Å². The van der Waals surface area contributed by atoms with Crippen LogP contribution in [0.4, 0.5) is 0 Å². The van der Waals surface area contributed by atoms with E-state index >= 15 is 0 Å². The van der Waals surface area contributed by atoms with Crippen molar-refractivity contribution < 1.29 is 4.42 Å². The Labute approximate surface area is 391 Å². The Balaban J connectivity index is 0.990. The molecule has 68 heavy (non-hydrogen) atoms. The minimum atomic E-state index is -0.225. The second-order valence-electron chi connectivity index (χ2n) is 18.2. The van der Waals surface area contributed by atoms with E-state index in [1.165, 1.54) is 33.4 Å². The number of para-hydroxylation sites is 3. The van der Waals surface area contributed by atoms with Crippen molar-refractivity contribution >= 4 is 54.7 Å². The second-order valence-corrected chi connectivity index (χ2v) is 18.2. The van der Waals surface area contributed by atoms with E-state index in [1.54, 1.807) is 0 Å². The van der Waals surface area contributed by atoms with Gasteiger partial charge in [0.2, 0.25) is 11.8 Å². The summed E-state index contributed by atoms with van der Waals surface area (Å²) in [4.78, 5) is 20.9. The highest BCUT2D eigenvalue weighted by Crippen LogP contribution is 2.51. The lowest BCUT2D eigenvalue weighted by molar-refractivity contribution is 0.617. The SMILES string of the molecule is CC1(C)c2cc(-c3ccccc3)ccc2-c2ccc(-c3nc4cccc(-n5c6ccccc6c6ccc7c8ccccc8n(-c8nc(-c9ccccc9)nc(-c9ccccc9)n8)c7c65)c4o3)cc21. The molecular weight excluding hydrogens is 833 g/mol. The summed E-state index contributed by atoms with van der Waals surface area (Å²) >= 11 is 0. The molecule has 4 heterocycles. The fraction of sp³-hybridized carbons (Fsp3) is 0.0492. The molecule has 0 unspecified atom stereocenters. The summed E-state index contributed by atoms with van der Waals surface area (Å²) in [5, 5.41) is 4.41. The van der Waals surface area contributed by atoms with E-state index in [0.29, 0.717) is 29.1 Å². The predicted molar refractivity (Wildman–Crippen MR) is 275 cm³/mol. The second kappa shape index (κ2) is 14.5. The Morgan fingerprint density at radius 2 is 0.912 bits per heavy atom. The van der Waals surface area contributed by atoms with E-state index in [1.807, 2.05) is 66.7 Å². The minimum Gasteiger partial charge on any atom is -0.434 e. The molecule has 0 saturated heterocycles. The lowest BCUT2D eigenvalue weighted by Crippen LogP contribution is -2.15. The van der Waals surface area contributed by atoms with Gasteiger partial charge in [0.05, 0.1) is 27.8 Å². The van der Waals surface area contributed by atoms with E-state index in [-0.39, 0.29) is 5.41 Å². The van der Waals surface area contributed by atoms with Crippen molar-refractivity contribution in [2.45, 2.75) is 19.3 Å². The molecular formula is C61H40N6O. The van der Waals surface area contributed by atoms with Gasteiger partial charge in [-0.15, -0.1) is 0 Å². The zero-order chi connectivity index (χ0) is 45.1. The molecule has 0 N–H and O–H groups in total. The Morgan fingerprint density at radius 1 is 0.397 bits per heavy atom. The molecule has 0 atom stereocenters. The van der Waals surface area contributed by atoms with Crippen LogP contribution in [0.2, 0.25) is 0 Å². The quantitative estimate of drug-likeness (QED) is 0.166. The van der Waals surface area contributed by atoms with Crippen molar-refractivity contribution in [2.24, 2.45) is 0 Å². The average molecular weight is 873 g/mol. The van der Waals surface area contributed by atoms with Gasteiger partial charge in [-0.25, -0.2) is 9.97 Å². The molecule has 7 heteroatoms. The molecule has 0 amide bonds. The standard InChI is InChI=1S/C61H40N6O/c1-61(2)48-35-40(37-17-6-3-7-18-37)29-31-42(48)43-32-30-41(36-49(43)61)59-62-50-25-16-28-53(56(50)68-59)66-51-26-14-12-23-44(51)46-33-34-47-45-24-13-15-27-52(45)67(55(47)54(46)66)60-64-57(38-19-8-4-9-20-38)63-58(65-60)39-21-10-5-11-22-39/h3-36H,1-2H3. The van der Waals surface area contributed by atoms with E-state index < -0.39 is 0 Å². The molecule has 0 aliphatic heterocycles. The van der Waals surface area contributed by atoms with Crippen LogP contribution in [0.5, 0.6) is 0 Å². The van der Waals surface area contributed by atoms with E-state index in [4.69, 9.17) is 24.4 Å². The highest BCUT2D eigenvalue weighted by molar-refractivity contribution is 6.24. The summed E-state index contributed by atoms with van der Waals surface area (Å²) < 4.78 is 11.6. The third-order valence-electron chi connectivity index (χ3n) is 14.0. The van der Waals surface area contributed by atoms with Crippen molar-refractivity contribution in [2.75, 3.05) is 0 Å². The summed E-state index contributed by atoms with van der Waals surface area (Å²) in [5.41, 5.74) is 16.5. The summed E-state index contributed by atoms with van der Waals surface area (Å²) in [6, 6.07) is 72.4. The van der Waals surface area contributed by atoms with Crippen LogP contribution >= 0.6 is 0 Å². The van der Waals surface area contributed by atoms with Crippen molar-refractivity contribution in [1.82, 2.24) is 29.1 Å². The third kappa shape index (κ3) is 5.66. The van der Waals surface area contributed by atoms with Crippen LogP contribution in [0.1, 0.15) is 25.0 Å². The molecule has 9 aromatic carbocycles. The maximum Gasteiger partial charge on any atom is 0.238 e. The highest BCUT2D eigenvalue weighted by atomic mass is 16.3. The normalized spacial score (nSPS) is 13.0. The molecule has 4 aromatic heterocycles. The molecule has 7 nitrogen and oxygen atoms in total. The zero-order valence-corrected chi connectivity index (χ0v) is 37.2. The summed E-state index contributed by atoms with van der Waals surface area (Å²) in [5.74, 6) is 2.32. The molecule has 0 saturated carbocycles. The van der Waals surface area contributed by atoms with Gasteiger partial charge in [-0.1, -0.05) is 178 Å². The lowest BCUT2D eigenvalue weighted by atomic mass is 9.81. The third-order valence-corrected chi connectivity index (χ3v) is 14.0. The van der Waals surface area contributed by atoms with Crippen molar-refractivity contribution in [3.05, 3.63) is 217 Å². The van der Waals surface area contributed by atoms with Crippen LogP contribution in [0, 0.1) is 0 Å². The van der Waals surface area contributed by atoms with Gasteiger partial charge in [0, 0.05) is 43.7 Å². The first-order chi connectivity index (χ1) is 33.5. The molecule has 320 valence electrons. The Bertz CT molecular complexity index is 4110. The topological polar surface area (TPSA) is 74.6 Å². The van der Waals surface area contributed by atoms with Crippen molar-refractivity contribution in [1.29, 1.82) is 0 Å². The Morgan fingerprint density at radius 3 is 1.53 bits per heavy atom. The number of hydrogen-bond donors (Lipinski definition) is 0. The fourth-order valence-electron chi connectivity index (χ4n) is 10.8. The van der Waals surface area contributed by atoms with Gasteiger partial charge in [0.25, 0.3) is 0 Å². The molecule has 14 rings (SSSR count). The predicted octanol–water partition coefficient (Wildman–Crippen LogP) is 15.2. The van der Waals surface area contributed by atoms with Crippen LogP contribution in [0.15, 0.2) is 211 Å². The van der Waals surface area contributed by atoms with Gasteiger partial charge in [-0.05, 0) is 75.8 Å². The van der Waals surface area contributed by atoms with E-state index in [2.05, 4.69) is 163 Å². The summed E-state index contributed by atoms with van der Waals surface area (Å²) in [6.45, 7) is 4.65. The van der Waals surface area contributed by atoms with Crippen LogP contribution in [0.3, 0.4) is 0 Å². The largest absolute Gasteiger partial charge is 0.434 e. The highest BCUT2D eigenvalue weighted by Gasteiger charge is 2.36. The monoisotopic (exact) mass is 872 g/mol. The van der Waals surface area contributed by atoms with Gasteiger partial charge < -0.3 is 8.98 Å². The Hall–Kier alpha value is -8.94. The van der Waals surface area contributed by atoms with Gasteiger partial charge in [-0.3, -0.25) is 4.57 Å². The number of benzene rings is 9. The Kier molecular flexibility index (Phi) is 8.19. The molecule has 1 aliphatic carbocycles. The van der Waals surface area contributed by atoms with E-state index in [0.717, 1.165) is 71.5 Å². The molecule has 0 bridgehead atoms. The van der Waals surface area contributed by atoms with Gasteiger partial charge in [0.1, 0.15) is 5.52 Å². The van der Waals surface area contributed by atoms with Crippen LogP contribution in [0.25, 0.3) is 123 Å². The smallest absolute Gasteiger partial charge is 0.238 e. The first-order valence-electron chi connectivity index (χ1n) is 23.1. The van der Waals surface area contributed by atoms with Gasteiger partial charge >= 0.3 is 0 Å².